The number of benzene rings is 2. The van der Waals surface area contributed by atoms with Crippen LogP contribution in [0.15, 0.2) is 42.5 Å². The van der Waals surface area contributed by atoms with E-state index in [1.807, 2.05) is 0 Å². The van der Waals surface area contributed by atoms with Crippen molar-refractivity contribution in [3.8, 4) is 17.2 Å². The van der Waals surface area contributed by atoms with Crippen molar-refractivity contribution >= 4 is 5.97 Å². The molecule has 2 aromatic rings. The van der Waals surface area contributed by atoms with Crippen molar-refractivity contribution in [2.75, 3.05) is 20.3 Å². The third-order valence-electron chi connectivity index (χ3n) is 3.09. The number of methoxy groups -OCH3 is 1. The predicted molar refractivity (Wildman–Crippen MR) is 81.6 cm³/mol. The monoisotopic (exact) mass is 302 g/mol. The molecule has 0 aliphatic carbocycles. The van der Waals surface area contributed by atoms with Crippen LogP contribution in [0, 0.1) is 6.92 Å². The Balaban J connectivity index is 1.77. The number of ether oxygens (including phenoxy) is 3. The van der Waals surface area contributed by atoms with Gasteiger partial charge in [0.1, 0.15) is 30.5 Å². The second-order valence-electron chi connectivity index (χ2n) is 4.66. The molecular weight excluding hydrogens is 284 g/mol. The Hall–Kier alpha value is -2.69. The van der Waals surface area contributed by atoms with Crippen LogP contribution in [0.5, 0.6) is 17.2 Å². The van der Waals surface area contributed by atoms with Crippen molar-refractivity contribution in [3.05, 3.63) is 53.6 Å². The number of phenolic OH excluding ortho intramolecular Hbond substituents is 1. The van der Waals surface area contributed by atoms with E-state index in [4.69, 9.17) is 14.2 Å². The minimum atomic E-state index is -0.492. The molecular formula is C17H18O5. The Morgan fingerprint density at radius 2 is 1.73 bits per heavy atom. The summed E-state index contributed by atoms with van der Waals surface area (Å²) in [6, 6.07) is 11.8. The van der Waals surface area contributed by atoms with E-state index in [9.17, 15) is 9.90 Å². The van der Waals surface area contributed by atoms with Crippen LogP contribution in [0.3, 0.4) is 0 Å². The van der Waals surface area contributed by atoms with Gasteiger partial charge < -0.3 is 19.3 Å². The number of carbonyl (C=O) groups excluding carboxylic acids is 1. The molecule has 0 saturated heterocycles. The lowest BCUT2D eigenvalue weighted by Crippen LogP contribution is -2.12. The molecule has 0 bridgehead atoms. The van der Waals surface area contributed by atoms with E-state index in [1.54, 1.807) is 50.4 Å². The van der Waals surface area contributed by atoms with Gasteiger partial charge in [0.15, 0.2) is 0 Å². The zero-order chi connectivity index (χ0) is 15.9. The minimum absolute atomic E-state index is 0.0731. The van der Waals surface area contributed by atoms with E-state index in [0.29, 0.717) is 16.9 Å². The molecule has 0 aromatic heterocycles. The van der Waals surface area contributed by atoms with Crippen molar-refractivity contribution in [3.63, 3.8) is 0 Å². The summed E-state index contributed by atoms with van der Waals surface area (Å²) >= 11 is 0. The van der Waals surface area contributed by atoms with Crippen LogP contribution in [0.2, 0.25) is 0 Å². The average molecular weight is 302 g/mol. The van der Waals surface area contributed by atoms with E-state index in [-0.39, 0.29) is 19.0 Å². The molecule has 2 aromatic carbocycles. The van der Waals surface area contributed by atoms with Gasteiger partial charge in [-0.1, -0.05) is 6.07 Å². The second-order valence-corrected chi connectivity index (χ2v) is 4.66. The highest BCUT2D eigenvalue weighted by Crippen LogP contribution is 2.18. The molecule has 22 heavy (non-hydrogen) atoms. The molecule has 116 valence electrons. The topological polar surface area (TPSA) is 65.0 Å². The molecule has 1 N–H and O–H groups in total. The largest absolute Gasteiger partial charge is 0.508 e. The second kappa shape index (κ2) is 7.36. The van der Waals surface area contributed by atoms with Gasteiger partial charge in [0.2, 0.25) is 0 Å². The number of rotatable bonds is 6. The van der Waals surface area contributed by atoms with Crippen molar-refractivity contribution < 1.29 is 24.1 Å². The molecule has 5 nitrogen and oxygen atoms in total. The molecule has 0 unspecified atom stereocenters. The van der Waals surface area contributed by atoms with Crippen molar-refractivity contribution in [1.29, 1.82) is 0 Å². The summed E-state index contributed by atoms with van der Waals surface area (Å²) in [4.78, 5) is 11.8. The SMILES string of the molecule is COc1ccc(OCCOC(=O)c2ccc(C)c(O)c2)cc1. The molecule has 0 atom stereocenters. The van der Waals surface area contributed by atoms with Crippen molar-refractivity contribution in [2.24, 2.45) is 0 Å². The number of aromatic hydroxyl groups is 1. The zero-order valence-electron chi connectivity index (χ0n) is 12.5. The number of esters is 1. The Morgan fingerprint density at radius 3 is 2.36 bits per heavy atom. The van der Waals surface area contributed by atoms with Crippen LogP contribution in [0.4, 0.5) is 0 Å². The molecule has 0 spiro atoms. The van der Waals surface area contributed by atoms with E-state index < -0.39 is 5.97 Å². The third-order valence-corrected chi connectivity index (χ3v) is 3.09. The van der Waals surface area contributed by atoms with Crippen LogP contribution in [0.25, 0.3) is 0 Å². The fourth-order valence-electron chi connectivity index (χ4n) is 1.79. The number of aryl methyl sites for hydroxylation is 1. The van der Waals surface area contributed by atoms with Gasteiger partial charge in [0, 0.05) is 0 Å². The van der Waals surface area contributed by atoms with Crippen LogP contribution in [0.1, 0.15) is 15.9 Å². The molecule has 0 amide bonds. The maximum Gasteiger partial charge on any atom is 0.338 e. The van der Waals surface area contributed by atoms with Gasteiger partial charge >= 0.3 is 5.97 Å². The Kier molecular flexibility index (Phi) is 5.25. The number of carbonyl (C=O) groups is 1. The first-order valence-electron chi connectivity index (χ1n) is 6.84. The van der Waals surface area contributed by atoms with Gasteiger partial charge in [-0.05, 0) is 48.9 Å². The Labute approximate surface area is 129 Å². The lowest BCUT2D eigenvalue weighted by Gasteiger charge is -2.08. The lowest BCUT2D eigenvalue weighted by molar-refractivity contribution is 0.0450. The van der Waals surface area contributed by atoms with E-state index in [0.717, 1.165) is 5.75 Å². The molecule has 0 fully saturated rings. The van der Waals surface area contributed by atoms with Crippen LogP contribution in [-0.4, -0.2) is 31.4 Å². The zero-order valence-corrected chi connectivity index (χ0v) is 12.5. The fraction of sp³-hybridized carbons (Fsp3) is 0.235. The maximum absolute atomic E-state index is 11.8. The quantitative estimate of drug-likeness (QED) is 0.656. The Morgan fingerprint density at radius 1 is 1.05 bits per heavy atom. The number of hydrogen-bond donors (Lipinski definition) is 1. The maximum atomic E-state index is 11.8. The summed E-state index contributed by atoms with van der Waals surface area (Å²) in [6.07, 6.45) is 0. The average Bonchev–Trinajstić information content (AvgIpc) is 2.54. The summed E-state index contributed by atoms with van der Waals surface area (Å²) in [6.45, 7) is 2.13. The van der Waals surface area contributed by atoms with Gasteiger partial charge in [-0.25, -0.2) is 4.79 Å². The first kappa shape index (κ1) is 15.7. The smallest absolute Gasteiger partial charge is 0.338 e. The Bertz CT molecular complexity index is 634. The summed E-state index contributed by atoms with van der Waals surface area (Å²) in [5.41, 5.74) is 1.02. The molecule has 0 radical (unpaired) electrons. The van der Waals surface area contributed by atoms with Crippen LogP contribution < -0.4 is 9.47 Å². The predicted octanol–water partition coefficient (Wildman–Crippen LogP) is 2.95. The first-order chi connectivity index (χ1) is 10.6. The van der Waals surface area contributed by atoms with Crippen LogP contribution in [-0.2, 0) is 4.74 Å². The minimum Gasteiger partial charge on any atom is -0.508 e. The van der Waals surface area contributed by atoms with Gasteiger partial charge in [-0.15, -0.1) is 0 Å². The normalized spacial score (nSPS) is 10.1. The van der Waals surface area contributed by atoms with E-state index in [2.05, 4.69) is 0 Å². The third kappa shape index (κ3) is 4.15. The van der Waals surface area contributed by atoms with Crippen LogP contribution >= 0.6 is 0 Å². The highest BCUT2D eigenvalue weighted by molar-refractivity contribution is 5.90. The standard InChI is InChI=1S/C17H18O5/c1-12-3-4-13(11-16(12)18)17(19)22-10-9-21-15-7-5-14(20-2)6-8-15/h3-8,11,18H,9-10H2,1-2H3. The number of hydrogen-bond acceptors (Lipinski definition) is 5. The van der Waals surface area contributed by atoms with E-state index in [1.165, 1.54) is 6.07 Å². The highest BCUT2D eigenvalue weighted by Gasteiger charge is 2.09. The molecule has 2 rings (SSSR count). The molecule has 0 heterocycles. The first-order valence-corrected chi connectivity index (χ1v) is 6.84. The van der Waals surface area contributed by atoms with Crippen molar-refractivity contribution in [1.82, 2.24) is 0 Å². The van der Waals surface area contributed by atoms with Gasteiger partial charge in [0.25, 0.3) is 0 Å². The molecule has 5 heteroatoms. The fourth-order valence-corrected chi connectivity index (χ4v) is 1.79. The highest BCUT2D eigenvalue weighted by atomic mass is 16.6. The molecule has 0 aliphatic rings. The summed E-state index contributed by atoms with van der Waals surface area (Å²) in [7, 11) is 1.60. The summed E-state index contributed by atoms with van der Waals surface area (Å²) < 4.78 is 15.6. The van der Waals surface area contributed by atoms with Gasteiger partial charge in [-0.2, -0.15) is 0 Å². The lowest BCUT2D eigenvalue weighted by atomic mass is 10.1. The van der Waals surface area contributed by atoms with Crippen molar-refractivity contribution in [2.45, 2.75) is 6.92 Å². The molecule has 0 saturated carbocycles. The number of phenols is 1. The van der Waals surface area contributed by atoms with Gasteiger partial charge in [-0.3, -0.25) is 0 Å². The van der Waals surface area contributed by atoms with E-state index >= 15 is 0 Å². The summed E-state index contributed by atoms with van der Waals surface area (Å²) in [5.74, 6) is 1.00. The molecule has 0 aliphatic heterocycles. The van der Waals surface area contributed by atoms with Gasteiger partial charge in [0.05, 0.1) is 12.7 Å². The summed E-state index contributed by atoms with van der Waals surface area (Å²) in [5, 5.41) is 9.57.